The normalized spacial score (nSPS) is 23.9. The van der Waals surface area contributed by atoms with Crippen molar-refractivity contribution in [3.63, 3.8) is 0 Å². The van der Waals surface area contributed by atoms with E-state index in [1.54, 1.807) is 11.5 Å². The first-order valence-corrected chi connectivity index (χ1v) is 16.2. The minimum Gasteiger partial charge on any atom is -0.394 e. The smallest absolute Gasteiger partial charge is 0.394 e. The predicted octanol–water partition coefficient (Wildman–Crippen LogP) is 2.30. The number of imidazole rings is 1. The Hall–Kier alpha value is -3.99. The van der Waals surface area contributed by atoms with Crippen molar-refractivity contribution < 1.29 is 33.3 Å². The van der Waals surface area contributed by atoms with Gasteiger partial charge in [0.25, 0.3) is 0 Å². The van der Waals surface area contributed by atoms with Gasteiger partial charge in [0.2, 0.25) is 5.95 Å². The number of fused-ring (bicyclic) bond motifs is 2. The van der Waals surface area contributed by atoms with Crippen LogP contribution in [0.1, 0.15) is 37.8 Å². The molecule has 1 saturated heterocycles. The molecule has 6 atom stereocenters. The minimum absolute atomic E-state index is 0.149. The molecule has 2 fully saturated rings. The molecule has 48 heavy (non-hydrogen) atoms. The van der Waals surface area contributed by atoms with Crippen molar-refractivity contribution >= 4 is 39.7 Å². The van der Waals surface area contributed by atoms with Crippen LogP contribution in [0.4, 0.5) is 24.9 Å². The van der Waals surface area contributed by atoms with Gasteiger partial charge in [-0.3, -0.25) is 4.79 Å². The van der Waals surface area contributed by atoms with Crippen molar-refractivity contribution in [2.24, 2.45) is 0 Å². The summed E-state index contributed by atoms with van der Waals surface area (Å²) < 4.78 is 42.1. The van der Waals surface area contributed by atoms with Crippen molar-refractivity contribution in [1.29, 1.82) is 0 Å². The average molecular weight is 674 g/mol. The number of hydrogen-bond acceptors (Lipinski definition) is 10. The van der Waals surface area contributed by atoms with Crippen LogP contribution >= 0.6 is 0 Å². The number of aliphatic hydroxyl groups is 3. The lowest BCUT2D eigenvalue weighted by Crippen LogP contribution is -2.51. The molecule has 0 spiro atoms. The van der Waals surface area contributed by atoms with Gasteiger partial charge in [-0.1, -0.05) is 25.1 Å². The molecule has 1 aliphatic carbocycles. The van der Waals surface area contributed by atoms with Crippen LogP contribution in [0.25, 0.3) is 22.1 Å². The molecule has 1 aliphatic heterocycles. The molecule has 1 aromatic carbocycles. The first-order valence-electron chi connectivity index (χ1n) is 16.2. The number of anilines is 2. The highest BCUT2D eigenvalue weighted by atomic mass is 19.4. The fourth-order valence-electron chi connectivity index (χ4n) is 7.05. The van der Waals surface area contributed by atoms with Crippen molar-refractivity contribution in [3.8, 4) is 0 Å². The number of hydrogen-bond donors (Lipinski definition) is 5. The Morgan fingerprint density at radius 1 is 1.19 bits per heavy atom. The number of para-hydroxylation sites is 1. The second-order valence-corrected chi connectivity index (χ2v) is 13.0. The predicted molar refractivity (Wildman–Crippen MR) is 174 cm³/mol. The SMILES string of the molecule is CCCN(C(=O)C(F)(F)F)[C@H]1C[C@@H](n2cnc3c(N[C@H](CO)Cc4c[nH]c5ccccc45)nc(N4CC[C@@H](N(C)C)C4)nc32)[C@H](O)[C@@H]1O. The van der Waals surface area contributed by atoms with Crippen molar-refractivity contribution in [1.82, 2.24) is 34.3 Å². The molecule has 5 N–H and O–H groups in total. The van der Waals surface area contributed by atoms with Crippen molar-refractivity contribution in [3.05, 3.63) is 42.4 Å². The minimum atomic E-state index is -5.13. The molecule has 16 heteroatoms. The van der Waals surface area contributed by atoms with E-state index >= 15 is 0 Å². The molecule has 1 amide bonds. The highest BCUT2D eigenvalue weighted by Gasteiger charge is 2.51. The van der Waals surface area contributed by atoms with Gasteiger partial charge < -0.3 is 44.9 Å². The number of aliphatic hydroxyl groups excluding tert-OH is 3. The highest BCUT2D eigenvalue weighted by Crippen LogP contribution is 2.38. The number of carbonyl (C=O) groups is 1. The van der Waals surface area contributed by atoms with Gasteiger partial charge in [-0.15, -0.1) is 0 Å². The monoisotopic (exact) mass is 673 g/mol. The van der Waals surface area contributed by atoms with Gasteiger partial charge in [-0.25, -0.2) is 4.98 Å². The topological polar surface area (TPSA) is 159 Å². The van der Waals surface area contributed by atoms with Gasteiger partial charge in [-0.2, -0.15) is 23.1 Å². The third-order valence-corrected chi connectivity index (χ3v) is 9.64. The van der Waals surface area contributed by atoms with E-state index in [2.05, 4.69) is 20.2 Å². The van der Waals surface area contributed by atoms with E-state index in [1.807, 2.05) is 49.5 Å². The molecule has 2 aliphatic rings. The summed E-state index contributed by atoms with van der Waals surface area (Å²) in [5, 5.41) is 37.0. The van der Waals surface area contributed by atoms with Crippen LogP contribution in [-0.4, -0.2) is 132 Å². The second kappa shape index (κ2) is 13.5. The molecule has 1 saturated carbocycles. The van der Waals surface area contributed by atoms with Crippen LogP contribution in [0.5, 0.6) is 0 Å². The molecule has 260 valence electrons. The molecule has 0 unspecified atom stereocenters. The fourth-order valence-corrected chi connectivity index (χ4v) is 7.05. The number of H-pyrrole nitrogens is 1. The number of halogens is 3. The number of rotatable bonds is 11. The third-order valence-electron chi connectivity index (χ3n) is 9.64. The lowest BCUT2D eigenvalue weighted by atomic mass is 10.1. The number of aromatic nitrogens is 5. The Bertz CT molecular complexity index is 1740. The van der Waals surface area contributed by atoms with Gasteiger partial charge >= 0.3 is 12.1 Å². The van der Waals surface area contributed by atoms with Crippen LogP contribution in [0.3, 0.4) is 0 Å². The first-order chi connectivity index (χ1) is 22.9. The van der Waals surface area contributed by atoms with E-state index in [9.17, 15) is 33.3 Å². The number of likely N-dealkylation sites (N-methyl/N-ethyl adjacent to an activating group) is 1. The standard InChI is InChI=1S/C32H42F3N9O4/c1-4-10-43(30(48)32(33,34)35)23-13-24(27(47)26(23)46)44-17-37-25-28(39-31(40-29(25)44)42-11-9-20(15-42)41(2)3)38-19(16-45)12-18-14-36-22-8-6-5-7-21(18)22/h5-8,14,17,19-20,23-24,26-27,36,45-47H,4,9-13,15-16H2,1-3H3,(H,38,39,40)/t19-,20+,23-,24+,26+,27-/m0/s1. The summed E-state index contributed by atoms with van der Waals surface area (Å²) in [7, 11) is 4.01. The highest BCUT2D eigenvalue weighted by molar-refractivity contribution is 5.86. The molecule has 0 radical (unpaired) electrons. The maximum atomic E-state index is 13.5. The summed E-state index contributed by atoms with van der Waals surface area (Å²) in [6, 6.07) is 5.47. The Kier molecular flexibility index (Phi) is 9.53. The van der Waals surface area contributed by atoms with Gasteiger partial charge in [0.15, 0.2) is 17.0 Å². The Labute approximate surface area is 275 Å². The Balaban J connectivity index is 1.36. The van der Waals surface area contributed by atoms with E-state index in [0.29, 0.717) is 47.3 Å². The Morgan fingerprint density at radius 2 is 1.96 bits per heavy atom. The van der Waals surface area contributed by atoms with E-state index < -0.39 is 42.4 Å². The maximum Gasteiger partial charge on any atom is 0.471 e. The van der Waals surface area contributed by atoms with Crippen LogP contribution in [0.2, 0.25) is 0 Å². The summed E-state index contributed by atoms with van der Waals surface area (Å²) in [5.41, 5.74) is 2.62. The van der Waals surface area contributed by atoms with Crippen LogP contribution < -0.4 is 10.2 Å². The van der Waals surface area contributed by atoms with Gasteiger partial charge in [0.05, 0.1) is 31.1 Å². The van der Waals surface area contributed by atoms with Crippen molar-refractivity contribution in [2.45, 2.75) is 75.2 Å². The first kappa shape index (κ1) is 33.9. The largest absolute Gasteiger partial charge is 0.471 e. The van der Waals surface area contributed by atoms with E-state index in [4.69, 9.17) is 9.97 Å². The molecular formula is C32H42F3N9O4. The second-order valence-electron chi connectivity index (χ2n) is 13.0. The number of benzene rings is 1. The molecule has 13 nitrogen and oxygen atoms in total. The number of amides is 1. The van der Waals surface area contributed by atoms with Gasteiger partial charge in [-0.05, 0) is 51.4 Å². The zero-order valence-electron chi connectivity index (χ0n) is 27.1. The number of nitrogens with zero attached hydrogens (tertiary/aromatic N) is 7. The van der Waals surface area contributed by atoms with Gasteiger partial charge in [0.1, 0.15) is 12.2 Å². The lowest BCUT2D eigenvalue weighted by molar-refractivity contribution is -0.190. The molecular weight excluding hydrogens is 631 g/mol. The molecule has 0 bridgehead atoms. The average Bonchev–Trinajstić information content (AvgIpc) is 3.86. The van der Waals surface area contributed by atoms with Crippen LogP contribution in [-0.2, 0) is 11.2 Å². The maximum absolute atomic E-state index is 13.5. The van der Waals surface area contributed by atoms with E-state index in [1.165, 1.54) is 6.33 Å². The third kappa shape index (κ3) is 6.41. The number of nitrogens with one attached hydrogen (secondary N) is 2. The Morgan fingerprint density at radius 3 is 2.65 bits per heavy atom. The van der Waals surface area contributed by atoms with Crippen molar-refractivity contribution in [2.75, 3.05) is 50.6 Å². The zero-order valence-corrected chi connectivity index (χ0v) is 27.1. The number of alkyl halides is 3. The van der Waals surface area contributed by atoms with E-state index in [-0.39, 0.29) is 32.0 Å². The summed E-state index contributed by atoms with van der Waals surface area (Å²) in [6.45, 7) is 2.52. The van der Waals surface area contributed by atoms with Crippen LogP contribution in [0.15, 0.2) is 36.8 Å². The molecule has 3 aromatic heterocycles. The number of aromatic amines is 1. The molecule has 4 heterocycles. The quantitative estimate of drug-likeness (QED) is 0.160. The van der Waals surface area contributed by atoms with Gasteiger partial charge in [0, 0.05) is 42.8 Å². The van der Waals surface area contributed by atoms with E-state index in [0.717, 1.165) is 22.9 Å². The summed E-state index contributed by atoms with van der Waals surface area (Å²) in [6.07, 6.45) is -3.49. The van der Waals surface area contributed by atoms with Crippen LogP contribution in [0, 0.1) is 0 Å². The summed E-state index contributed by atoms with van der Waals surface area (Å²) >= 11 is 0. The fraction of sp³-hybridized carbons (Fsp3) is 0.562. The lowest BCUT2D eigenvalue weighted by Gasteiger charge is -2.31. The summed E-state index contributed by atoms with van der Waals surface area (Å²) in [4.78, 5) is 34.6. The zero-order chi connectivity index (χ0) is 34.3. The molecule has 6 rings (SSSR count). The summed E-state index contributed by atoms with van der Waals surface area (Å²) in [5.74, 6) is -1.31. The number of carbonyl (C=O) groups excluding carboxylic acids is 1. The molecule has 4 aromatic rings.